The molecule has 7 heteroatoms. The van der Waals surface area contributed by atoms with Crippen LogP contribution in [0.15, 0.2) is 52.0 Å². The van der Waals surface area contributed by atoms with E-state index in [1.54, 1.807) is 24.3 Å². The summed E-state index contributed by atoms with van der Waals surface area (Å²) in [4.78, 5) is 4.01. The molecule has 1 heterocycles. The summed E-state index contributed by atoms with van der Waals surface area (Å²) in [5.41, 5.74) is 0. The van der Waals surface area contributed by atoms with Crippen molar-refractivity contribution >= 4 is 43.4 Å². The van der Waals surface area contributed by atoms with Crippen LogP contribution in [-0.4, -0.2) is 13.4 Å². The molecule has 94 valence electrons. The van der Waals surface area contributed by atoms with Crippen LogP contribution < -0.4 is 4.72 Å². The molecule has 1 N–H and O–H groups in total. The molecule has 2 rings (SSSR count). The highest BCUT2D eigenvalue weighted by Crippen LogP contribution is 2.19. The van der Waals surface area contributed by atoms with Gasteiger partial charge in [-0.25, -0.2) is 13.4 Å². The lowest BCUT2D eigenvalue weighted by molar-refractivity contribution is 0.601. The molecule has 4 nitrogen and oxygen atoms in total. The van der Waals surface area contributed by atoms with Crippen LogP contribution in [-0.2, 0) is 10.0 Å². The second-order valence-corrected chi connectivity index (χ2v) is 6.46. The molecule has 18 heavy (non-hydrogen) atoms. The van der Waals surface area contributed by atoms with Crippen molar-refractivity contribution in [2.45, 2.75) is 4.90 Å². The minimum absolute atomic E-state index is 0.0942. The number of hydrogen-bond donors (Lipinski definition) is 1. The fourth-order valence-electron chi connectivity index (χ4n) is 1.29. The van der Waals surface area contributed by atoms with Crippen LogP contribution in [0.1, 0.15) is 0 Å². The zero-order chi connectivity index (χ0) is 13.2. The zero-order valence-corrected chi connectivity index (χ0v) is 12.1. The zero-order valence-electron chi connectivity index (χ0n) is 8.97. The van der Waals surface area contributed by atoms with Crippen LogP contribution in [0.5, 0.6) is 0 Å². The number of sulfonamides is 1. The molecule has 0 saturated carbocycles. The van der Waals surface area contributed by atoms with Gasteiger partial charge in [-0.15, -0.1) is 0 Å². The van der Waals surface area contributed by atoms with E-state index in [1.165, 1.54) is 18.3 Å². The van der Waals surface area contributed by atoms with Gasteiger partial charge in [0.1, 0.15) is 5.82 Å². The molecule has 1 aromatic heterocycles. The highest BCUT2D eigenvalue weighted by Gasteiger charge is 2.15. The highest BCUT2D eigenvalue weighted by molar-refractivity contribution is 9.10. The number of nitrogens with one attached hydrogen (secondary N) is 1. The van der Waals surface area contributed by atoms with E-state index in [-0.39, 0.29) is 10.7 Å². The van der Waals surface area contributed by atoms with Gasteiger partial charge in [-0.05, 0) is 30.3 Å². The smallest absolute Gasteiger partial charge is 0.263 e. The molecule has 0 fully saturated rings. The molecule has 0 amide bonds. The van der Waals surface area contributed by atoms with Gasteiger partial charge in [-0.1, -0.05) is 33.6 Å². The second kappa shape index (κ2) is 5.26. The normalized spacial score (nSPS) is 11.2. The van der Waals surface area contributed by atoms with Crippen molar-refractivity contribution in [2.75, 3.05) is 4.72 Å². The lowest BCUT2D eigenvalue weighted by Crippen LogP contribution is -2.13. The van der Waals surface area contributed by atoms with Crippen molar-refractivity contribution < 1.29 is 8.42 Å². The van der Waals surface area contributed by atoms with Crippen molar-refractivity contribution in [3.8, 4) is 0 Å². The van der Waals surface area contributed by atoms with Crippen molar-refractivity contribution in [3.05, 3.63) is 52.1 Å². The number of halogens is 2. The highest BCUT2D eigenvalue weighted by atomic mass is 79.9. The molecular weight excluding hydrogens is 340 g/mol. The van der Waals surface area contributed by atoms with E-state index in [9.17, 15) is 8.42 Å². The van der Waals surface area contributed by atoms with Crippen LogP contribution >= 0.6 is 27.5 Å². The largest absolute Gasteiger partial charge is 0.263 e. The van der Waals surface area contributed by atoms with Gasteiger partial charge in [0.2, 0.25) is 0 Å². The third-order valence-corrected chi connectivity index (χ3v) is 4.15. The monoisotopic (exact) mass is 346 g/mol. The van der Waals surface area contributed by atoms with Crippen molar-refractivity contribution in [1.29, 1.82) is 0 Å². The Hall–Kier alpha value is -1.11. The molecule has 0 aliphatic heterocycles. The van der Waals surface area contributed by atoms with E-state index in [0.29, 0.717) is 5.02 Å². The average molecular weight is 348 g/mol. The first-order chi connectivity index (χ1) is 8.47. The van der Waals surface area contributed by atoms with Crippen LogP contribution in [0.3, 0.4) is 0 Å². The van der Waals surface area contributed by atoms with E-state index in [4.69, 9.17) is 11.6 Å². The van der Waals surface area contributed by atoms with Gasteiger partial charge >= 0.3 is 0 Å². The standard InChI is InChI=1S/C11H8BrClN2O2S/c12-8-4-5-14-11(6-8)15-18(16,17)10-3-1-2-9(13)7-10/h1-7H,(H,14,15). The van der Waals surface area contributed by atoms with E-state index in [0.717, 1.165) is 4.47 Å². The molecule has 0 unspecified atom stereocenters. The third-order valence-electron chi connectivity index (χ3n) is 2.07. The van der Waals surface area contributed by atoms with Crippen molar-refractivity contribution in [2.24, 2.45) is 0 Å². The minimum Gasteiger partial charge on any atom is -0.263 e. The van der Waals surface area contributed by atoms with Crippen LogP contribution in [0, 0.1) is 0 Å². The average Bonchev–Trinajstić information content (AvgIpc) is 2.28. The van der Waals surface area contributed by atoms with Crippen LogP contribution in [0.4, 0.5) is 5.82 Å². The first kappa shape index (κ1) is 13.3. The third kappa shape index (κ3) is 3.22. The van der Waals surface area contributed by atoms with Crippen LogP contribution in [0.2, 0.25) is 5.02 Å². The van der Waals surface area contributed by atoms with Gasteiger partial charge in [0.05, 0.1) is 4.90 Å². The minimum atomic E-state index is -3.67. The summed E-state index contributed by atoms with van der Waals surface area (Å²) in [6, 6.07) is 9.30. The number of pyridine rings is 1. The molecule has 0 saturated heterocycles. The molecule has 0 atom stereocenters. The SMILES string of the molecule is O=S(=O)(Nc1cc(Br)ccn1)c1cccc(Cl)c1. The molecular formula is C11H8BrClN2O2S. The first-order valence-electron chi connectivity index (χ1n) is 4.87. The number of aromatic nitrogens is 1. The van der Waals surface area contributed by atoms with E-state index in [1.807, 2.05) is 0 Å². The van der Waals surface area contributed by atoms with Crippen molar-refractivity contribution in [1.82, 2.24) is 4.98 Å². The number of benzene rings is 1. The summed E-state index contributed by atoms with van der Waals surface area (Å²) in [5.74, 6) is 0.240. The van der Waals surface area contributed by atoms with Crippen LogP contribution in [0.25, 0.3) is 0 Å². The quantitative estimate of drug-likeness (QED) is 0.927. The van der Waals surface area contributed by atoms with E-state index >= 15 is 0 Å². The molecule has 1 aromatic carbocycles. The van der Waals surface area contributed by atoms with E-state index < -0.39 is 10.0 Å². The summed E-state index contributed by atoms with van der Waals surface area (Å²) in [7, 11) is -3.67. The molecule has 0 aliphatic carbocycles. The van der Waals surface area contributed by atoms with Gasteiger partial charge < -0.3 is 0 Å². The first-order valence-corrected chi connectivity index (χ1v) is 7.53. The molecule has 0 bridgehead atoms. The number of hydrogen-bond acceptors (Lipinski definition) is 3. The van der Waals surface area contributed by atoms with Crippen molar-refractivity contribution in [3.63, 3.8) is 0 Å². The lowest BCUT2D eigenvalue weighted by Gasteiger charge is -2.07. The summed E-state index contributed by atoms with van der Waals surface area (Å²) >= 11 is 9.01. The Morgan fingerprint density at radius 1 is 1.22 bits per heavy atom. The predicted molar refractivity (Wildman–Crippen MR) is 74.2 cm³/mol. The van der Waals surface area contributed by atoms with Gasteiger partial charge in [-0.2, -0.15) is 0 Å². The fourth-order valence-corrected chi connectivity index (χ4v) is 2.93. The topological polar surface area (TPSA) is 59.1 Å². The molecule has 2 aromatic rings. The van der Waals surface area contributed by atoms with Gasteiger partial charge in [0.15, 0.2) is 0 Å². The Bertz CT molecular complexity index is 676. The second-order valence-electron chi connectivity index (χ2n) is 3.42. The maximum atomic E-state index is 12.0. The maximum Gasteiger partial charge on any atom is 0.263 e. The van der Waals surface area contributed by atoms with Gasteiger partial charge in [0.25, 0.3) is 10.0 Å². The van der Waals surface area contributed by atoms with Gasteiger partial charge in [0, 0.05) is 15.7 Å². The molecule has 0 spiro atoms. The maximum absolute atomic E-state index is 12.0. The Kier molecular flexibility index (Phi) is 3.89. The number of rotatable bonds is 3. The number of nitrogens with zero attached hydrogens (tertiary/aromatic N) is 1. The summed E-state index contributed by atoms with van der Waals surface area (Å²) in [5, 5.41) is 0.361. The fraction of sp³-hybridized carbons (Fsp3) is 0. The van der Waals surface area contributed by atoms with Gasteiger partial charge in [-0.3, -0.25) is 4.72 Å². The summed E-state index contributed by atoms with van der Waals surface area (Å²) in [6.45, 7) is 0. The summed E-state index contributed by atoms with van der Waals surface area (Å²) < 4.78 is 27.2. The van der Waals surface area contributed by atoms with E-state index in [2.05, 4.69) is 25.6 Å². The molecule has 0 radical (unpaired) electrons. The Labute approximate surface area is 118 Å². The summed E-state index contributed by atoms with van der Waals surface area (Å²) in [6.07, 6.45) is 1.50. The number of anilines is 1. The lowest BCUT2D eigenvalue weighted by atomic mass is 10.4. The molecule has 0 aliphatic rings. The Morgan fingerprint density at radius 3 is 2.67 bits per heavy atom. The Morgan fingerprint density at radius 2 is 2.00 bits per heavy atom. The Balaban J connectivity index is 2.33. The predicted octanol–water partition coefficient (Wildman–Crippen LogP) is 3.30.